The lowest BCUT2D eigenvalue weighted by atomic mass is 10.2. The van der Waals surface area contributed by atoms with E-state index in [1.54, 1.807) is 17.4 Å². The van der Waals surface area contributed by atoms with E-state index in [4.69, 9.17) is 23.2 Å². The summed E-state index contributed by atoms with van der Waals surface area (Å²) >= 11 is 13.5. The van der Waals surface area contributed by atoms with Gasteiger partial charge in [0.15, 0.2) is 0 Å². The molecule has 90 valence electrons. The lowest BCUT2D eigenvalue weighted by Crippen LogP contribution is -2.12. The number of nitrogens with zero attached hydrogens (tertiary/aromatic N) is 1. The number of hydrogen-bond acceptors (Lipinski definition) is 3. The zero-order valence-corrected chi connectivity index (χ0v) is 11.7. The van der Waals surface area contributed by atoms with Gasteiger partial charge in [0.25, 0.3) is 0 Å². The van der Waals surface area contributed by atoms with E-state index in [0.29, 0.717) is 10.0 Å². The predicted octanol–water partition coefficient (Wildman–Crippen LogP) is 4.05. The number of nitrogens with one attached hydrogen (secondary N) is 1. The molecule has 2 rings (SSSR count). The average molecular weight is 287 g/mol. The minimum Gasteiger partial charge on any atom is -0.307 e. The summed E-state index contributed by atoms with van der Waals surface area (Å²) < 4.78 is 0. The van der Waals surface area contributed by atoms with Crippen LogP contribution in [0.5, 0.6) is 0 Å². The topological polar surface area (TPSA) is 24.9 Å². The van der Waals surface area contributed by atoms with Crippen molar-refractivity contribution in [3.63, 3.8) is 0 Å². The molecule has 0 unspecified atom stereocenters. The Morgan fingerprint density at radius 1 is 1.18 bits per heavy atom. The second-order valence-corrected chi connectivity index (χ2v) is 5.67. The van der Waals surface area contributed by atoms with E-state index >= 15 is 0 Å². The molecule has 0 aliphatic heterocycles. The van der Waals surface area contributed by atoms with Crippen LogP contribution < -0.4 is 5.32 Å². The summed E-state index contributed by atoms with van der Waals surface area (Å²) in [5.74, 6) is 0. The molecule has 17 heavy (non-hydrogen) atoms. The van der Waals surface area contributed by atoms with E-state index < -0.39 is 0 Å². The van der Waals surface area contributed by atoms with Crippen LogP contribution in [0.15, 0.2) is 23.6 Å². The number of halogens is 2. The molecule has 0 bridgehead atoms. The summed E-state index contributed by atoms with van der Waals surface area (Å²) in [6, 6.07) is 5.55. The maximum Gasteiger partial charge on any atom is 0.0897 e. The van der Waals surface area contributed by atoms with E-state index in [0.717, 1.165) is 29.4 Å². The van der Waals surface area contributed by atoms with Crippen LogP contribution in [0.4, 0.5) is 0 Å². The van der Waals surface area contributed by atoms with Gasteiger partial charge in [-0.15, -0.1) is 11.3 Å². The van der Waals surface area contributed by atoms with Crippen LogP contribution in [-0.4, -0.2) is 4.98 Å². The van der Waals surface area contributed by atoms with Gasteiger partial charge in [0.2, 0.25) is 0 Å². The predicted molar refractivity (Wildman–Crippen MR) is 73.9 cm³/mol. The van der Waals surface area contributed by atoms with Gasteiger partial charge in [-0.05, 0) is 30.7 Å². The summed E-state index contributed by atoms with van der Waals surface area (Å²) in [5, 5.41) is 7.80. The number of rotatable bonds is 4. The average Bonchev–Trinajstić information content (AvgIpc) is 2.63. The molecule has 0 radical (unpaired) electrons. The van der Waals surface area contributed by atoms with Crippen molar-refractivity contribution in [3.05, 3.63) is 49.9 Å². The van der Waals surface area contributed by atoms with Crippen molar-refractivity contribution in [1.82, 2.24) is 10.3 Å². The molecule has 1 heterocycles. The van der Waals surface area contributed by atoms with Crippen LogP contribution in [0.1, 0.15) is 16.3 Å². The fourth-order valence-electron chi connectivity index (χ4n) is 1.54. The zero-order valence-electron chi connectivity index (χ0n) is 9.34. The van der Waals surface area contributed by atoms with Gasteiger partial charge in [-0.2, -0.15) is 0 Å². The van der Waals surface area contributed by atoms with Crippen molar-refractivity contribution in [2.75, 3.05) is 0 Å². The highest BCUT2D eigenvalue weighted by Gasteiger charge is 2.00. The Balaban J connectivity index is 1.89. The molecule has 1 N–H and O–H groups in total. The number of hydrogen-bond donors (Lipinski definition) is 1. The number of benzene rings is 1. The van der Waals surface area contributed by atoms with E-state index in [-0.39, 0.29) is 0 Å². The Bertz CT molecular complexity index is 491. The smallest absolute Gasteiger partial charge is 0.0897 e. The largest absolute Gasteiger partial charge is 0.307 e. The van der Waals surface area contributed by atoms with E-state index in [9.17, 15) is 0 Å². The third kappa shape index (κ3) is 3.96. The molecule has 2 nitrogen and oxygen atoms in total. The number of aryl methyl sites for hydroxylation is 1. The van der Waals surface area contributed by atoms with Crippen molar-refractivity contribution < 1.29 is 0 Å². The minimum absolute atomic E-state index is 0.666. The standard InChI is InChI=1S/C12H12Cl2N2S/c1-8-16-12(7-17-8)6-15-5-9-2-10(13)4-11(14)3-9/h2-4,7,15H,5-6H2,1H3. The first-order valence-corrected chi connectivity index (χ1v) is 6.84. The second kappa shape index (κ2) is 5.83. The van der Waals surface area contributed by atoms with Crippen LogP contribution in [0, 0.1) is 6.92 Å². The van der Waals surface area contributed by atoms with Gasteiger partial charge < -0.3 is 5.32 Å². The first-order chi connectivity index (χ1) is 8.13. The highest BCUT2D eigenvalue weighted by molar-refractivity contribution is 7.09. The van der Waals surface area contributed by atoms with Gasteiger partial charge in [-0.3, -0.25) is 0 Å². The van der Waals surface area contributed by atoms with Crippen molar-refractivity contribution >= 4 is 34.5 Å². The van der Waals surface area contributed by atoms with Crippen LogP contribution in [-0.2, 0) is 13.1 Å². The highest BCUT2D eigenvalue weighted by atomic mass is 35.5. The molecule has 0 saturated heterocycles. The Kier molecular flexibility index (Phi) is 4.40. The SMILES string of the molecule is Cc1nc(CNCc2cc(Cl)cc(Cl)c2)cs1. The monoisotopic (exact) mass is 286 g/mol. The van der Waals surface area contributed by atoms with E-state index in [2.05, 4.69) is 15.7 Å². The van der Waals surface area contributed by atoms with Crippen molar-refractivity contribution in [2.45, 2.75) is 20.0 Å². The lowest BCUT2D eigenvalue weighted by molar-refractivity contribution is 0.682. The van der Waals surface area contributed by atoms with Crippen LogP contribution in [0.2, 0.25) is 10.0 Å². The molecule has 5 heteroatoms. The number of thiazole rings is 1. The number of aromatic nitrogens is 1. The molecule has 1 aromatic carbocycles. The maximum absolute atomic E-state index is 5.93. The molecule has 0 spiro atoms. The van der Waals surface area contributed by atoms with Gasteiger partial charge in [-0.25, -0.2) is 4.98 Å². The van der Waals surface area contributed by atoms with Crippen LogP contribution in [0.25, 0.3) is 0 Å². The highest BCUT2D eigenvalue weighted by Crippen LogP contribution is 2.19. The van der Waals surface area contributed by atoms with E-state index in [1.165, 1.54) is 0 Å². The molecule has 0 fully saturated rings. The summed E-state index contributed by atoms with van der Waals surface area (Å²) in [4.78, 5) is 4.38. The Morgan fingerprint density at radius 2 is 1.88 bits per heavy atom. The summed E-state index contributed by atoms with van der Waals surface area (Å²) in [7, 11) is 0. The summed E-state index contributed by atoms with van der Waals surface area (Å²) in [6.07, 6.45) is 0. The molecule has 0 aliphatic carbocycles. The van der Waals surface area contributed by atoms with Crippen LogP contribution in [0.3, 0.4) is 0 Å². The fraction of sp³-hybridized carbons (Fsp3) is 0.250. The quantitative estimate of drug-likeness (QED) is 0.917. The third-order valence-corrected chi connectivity index (χ3v) is 3.48. The minimum atomic E-state index is 0.666. The normalized spacial score (nSPS) is 10.8. The van der Waals surface area contributed by atoms with Gasteiger partial charge in [0, 0.05) is 28.5 Å². The fourth-order valence-corrected chi connectivity index (χ4v) is 2.72. The van der Waals surface area contributed by atoms with Crippen LogP contribution >= 0.6 is 34.5 Å². The molecule has 2 aromatic rings. The molecule has 0 aliphatic rings. The molecule has 0 atom stereocenters. The maximum atomic E-state index is 5.93. The first kappa shape index (κ1) is 12.8. The van der Waals surface area contributed by atoms with Crippen molar-refractivity contribution in [1.29, 1.82) is 0 Å². The summed E-state index contributed by atoms with van der Waals surface area (Å²) in [5.41, 5.74) is 2.15. The van der Waals surface area contributed by atoms with Gasteiger partial charge in [0.1, 0.15) is 0 Å². The Labute approximate surface area is 115 Å². The van der Waals surface area contributed by atoms with Gasteiger partial charge in [-0.1, -0.05) is 23.2 Å². The van der Waals surface area contributed by atoms with Crippen molar-refractivity contribution in [3.8, 4) is 0 Å². The molecular weight excluding hydrogens is 275 g/mol. The summed E-state index contributed by atoms with van der Waals surface area (Å²) in [6.45, 7) is 3.50. The Hall–Kier alpha value is -0.610. The molecule has 0 saturated carbocycles. The second-order valence-electron chi connectivity index (χ2n) is 3.74. The first-order valence-electron chi connectivity index (χ1n) is 5.20. The van der Waals surface area contributed by atoms with Gasteiger partial charge >= 0.3 is 0 Å². The zero-order chi connectivity index (χ0) is 12.3. The molecule has 1 aromatic heterocycles. The molecular formula is C12H12Cl2N2S. The van der Waals surface area contributed by atoms with Gasteiger partial charge in [0.05, 0.1) is 10.7 Å². The van der Waals surface area contributed by atoms with E-state index in [1.807, 2.05) is 19.1 Å². The van der Waals surface area contributed by atoms with Crippen molar-refractivity contribution in [2.24, 2.45) is 0 Å². The molecule has 0 amide bonds. The lowest BCUT2D eigenvalue weighted by Gasteiger charge is -2.04. The third-order valence-electron chi connectivity index (χ3n) is 2.22. The Morgan fingerprint density at radius 3 is 2.47 bits per heavy atom.